The molecule has 0 radical (unpaired) electrons. The van der Waals surface area contributed by atoms with Crippen LogP contribution in [-0.4, -0.2) is 49.7 Å². The van der Waals surface area contributed by atoms with E-state index < -0.39 is 0 Å². The molecule has 0 saturated heterocycles. The van der Waals surface area contributed by atoms with Crippen LogP contribution in [0.1, 0.15) is 47.0 Å². The molecule has 4 heteroatoms. The van der Waals surface area contributed by atoms with Crippen molar-refractivity contribution in [3.63, 3.8) is 0 Å². The van der Waals surface area contributed by atoms with E-state index in [2.05, 4.69) is 37.9 Å². The molecule has 0 bridgehead atoms. The second kappa shape index (κ2) is 10.3. The summed E-state index contributed by atoms with van der Waals surface area (Å²) in [6.45, 7) is 11.5. The van der Waals surface area contributed by atoms with Crippen LogP contribution in [0.2, 0.25) is 0 Å². The third-order valence-corrected chi connectivity index (χ3v) is 3.07. The highest BCUT2D eigenvalue weighted by molar-refractivity contribution is 5.75. The third-order valence-electron chi connectivity index (χ3n) is 3.07. The van der Waals surface area contributed by atoms with E-state index in [4.69, 9.17) is 4.74 Å². The summed E-state index contributed by atoms with van der Waals surface area (Å²) in [6.07, 6.45) is 2.98. The molecule has 1 unspecified atom stereocenters. The van der Waals surface area contributed by atoms with Crippen LogP contribution in [0.3, 0.4) is 0 Å². The number of rotatable bonds is 10. The zero-order valence-corrected chi connectivity index (χ0v) is 12.7. The van der Waals surface area contributed by atoms with E-state index in [-0.39, 0.29) is 12.0 Å². The molecule has 0 aliphatic carbocycles. The first kappa shape index (κ1) is 17.4. The molecule has 0 aromatic rings. The van der Waals surface area contributed by atoms with E-state index in [0.717, 1.165) is 38.9 Å². The van der Waals surface area contributed by atoms with Gasteiger partial charge in [-0.05, 0) is 46.2 Å². The number of ether oxygens (including phenoxy) is 1. The van der Waals surface area contributed by atoms with E-state index in [1.165, 1.54) is 7.11 Å². The van der Waals surface area contributed by atoms with E-state index in [1.807, 2.05) is 0 Å². The Hall–Kier alpha value is -0.610. The maximum Gasteiger partial charge on any atom is 0.322 e. The summed E-state index contributed by atoms with van der Waals surface area (Å²) in [6, 6.07) is 0.350. The fraction of sp³-hybridized carbons (Fsp3) is 0.929. The van der Waals surface area contributed by atoms with Gasteiger partial charge in [-0.15, -0.1) is 0 Å². The van der Waals surface area contributed by atoms with Crippen LogP contribution in [0.5, 0.6) is 0 Å². The van der Waals surface area contributed by atoms with Gasteiger partial charge in [-0.2, -0.15) is 0 Å². The first-order chi connectivity index (χ1) is 8.56. The van der Waals surface area contributed by atoms with Crippen molar-refractivity contribution in [2.24, 2.45) is 0 Å². The lowest BCUT2D eigenvalue weighted by molar-refractivity contribution is -0.143. The molecule has 0 aliphatic heterocycles. The minimum Gasteiger partial charge on any atom is -0.468 e. The second-order valence-electron chi connectivity index (χ2n) is 4.95. The molecular formula is C14H30N2O2. The highest BCUT2D eigenvalue weighted by atomic mass is 16.5. The minimum absolute atomic E-state index is 0.149. The number of esters is 1. The first-order valence-corrected chi connectivity index (χ1v) is 7.12. The molecule has 0 saturated carbocycles. The molecule has 108 valence electrons. The summed E-state index contributed by atoms with van der Waals surface area (Å²) in [5.41, 5.74) is 0. The molecule has 0 aromatic heterocycles. The van der Waals surface area contributed by atoms with E-state index >= 15 is 0 Å². The van der Waals surface area contributed by atoms with Gasteiger partial charge in [-0.3, -0.25) is 4.79 Å². The normalized spacial score (nSPS) is 13.1. The lowest BCUT2D eigenvalue weighted by Gasteiger charge is -2.27. The van der Waals surface area contributed by atoms with Gasteiger partial charge in [0.15, 0.2) is 0 Å². The molecule has 0 rings (SSSR count). The highest BCUT2D eigenvalue weighted by Crippen LogP contribution is 2.04. The number of hydrogen-bond acceptors (Lipinski definition) is 4. The molecule has 0 spiro atoms. The van der Waals surface area contributed by atoms with Crippen LogP contribution in [-0.2, 0) is 9.53 Å². The summed E-state index contributed by atoms with van der Waals surface area (Å²) >= 11 is 0. The molecule has 0 aliphatic rings. The lowest BCUT2D eigenvalue weighted by Crippen LogP contribution is -2.42. The Kier molecular flexibility index (Phi) is 9.98. The molecule has 1 N–H and O–H groups in total. The van der Waals surface area contributed by atoms with Gasteiger partial charge < -0.3 is 15.0 Å². The van der Waals surface area contributed by atoms with Crippen LogP contribution < -0.4 is 5.32 Å². The zero-order valence-electron chi connectivity index (χ0n) is 12.7. The van der Waals surface area contributed by atoms with Crippen molar-refractivity contribution < 1.29 is 9.53 Å². The molecule has 4 nitrogen and oxygen atoms in total. The molecule has 0 amide bonds. The summed E-state index contributed by atoms with van der Waals surface area (Å²) in [5, 5.41) is 3.26. The van der Waals surface area contributed by atoms with Gasteiger partial charge in [-0.25, -0.2) is 0 Å². The fourth-order valence-electron chi connectivity index (χ4n) is 1.97. The Balaban J connectivity index is 4.25. The maximum absolute atomic E-state index is 11.7. The zero-order chi connectivity index (χ0) is 14.0. The number of hydrogen-bond donors (Lipinski definition) is 1. The van der Waals surface area contributed by atoms with Crippen molar-refractivity contribution in [2.45, 2.75) is 59.0 Å². The van der Waals surface area contributed by atoms with Crippen molar-refractivity contribution in [2.75, 3.05) is 26.7 Å². The van der Waals surface area contributed by atoms with Gasteiger partial charge in [0.05, 0.1) is 7.11 Å². The quantitative estimate of drug-likeness (QED) is 0.609. The summed E-state index contributed by atoms with van der Waals surface area (Å²) < 4.78 is 4.84. The van der Waals surface area contributed by atoms with E-state index in [1.54, 1.807) is 0 Å². The van der Waals surface area contributed by atoms with Crippen molar-refractivity contribution in [3.8, 4) is 0 Å². The largest absolute Gasteiger partial charge is 0.468 e. The predicted octanol–water partition coefficient (Wildman–Crippen LogP) is 2.04. The van der Waals surface area contributed by atoms with Gasteiger partial charge in [0.2, 0.25) is 0 Å². The Morgan fingerprint density at radius 3 is 2.33 bits per heavy atom. The SMILES string of the molecule is CCCNC(CCN(CCC)C(C)C)C(=O)OC. The molecule has 0 heterocycles. The van der Waals surface area contributed by atoms with Gasteiger partial charge in [0.1, 0.15) is 6.04 Å². The van der Waals surface area contributed by atoms with Gasteiger partial charge >= 0.3 is 5.97 Å². The first-order valence-electron chi connectivity index (χ1n) is 7.12. The van der Waals surface area contributed by atoms with Crippen LogP contribution in [0.25, 0.3) is 0 Å². The molecule has 1 atom stereocenters. The maximum atomic E-state index is 11.7. The van der Waals surface area contributed by atoms with Crippen molar-refractivity contribution >= 4 is 5.97 Å². The number of carbonyl (C=O) groups is 1. The van der Waals surface area contributed by atoms with Gasteiger partial charge in [-0.1, -0.05) is 13.8 Å². The van der Waals surface area contributed by atoms with Crippen molar-refractivity contribution in [3.05, 3.63) is 0 Å². The van der Waals surface area contributed by atoms with Crippen LogP contribution in [0, 0.1) is 0 Å². The number of carbonyl (C=O) groups excluding carboxylic acids is 1. The Morgan fingerprint density at radius 2 is 1.89 bits per heavy atom. The summed E-state index contributed by atoms with van der Waals surface area (Å²) in [5.74, 6) is -0.149. The lowest BCUT2D eigenvalue weighted by atomic mass is 10.1. The predicted molar refractivity (Wildman–Crippen MR) is 75.7 cm³/mol. The Morgan fingerprint density at radius 1 is 1.22 bits per heavy atom. The fourth-order valence-corrected chi connectivity index (χ4v) is 1.97. The van der Waals surface area contributed by atoms with Crippen LogP contribution in [0.4, 0.5) is 0 Å². The molecular weight excluding hydrogens is 228 g/mol. The average molecular weight is 258 g/mol. The van der Waals surface area contributed by atoms with Crippen molar-refractivity contribution in [1.82, 2.24) is 10.2 Å². The topological polar surface area (TPSA) is 41.6 Å². The standard InChI is InChI=1S/C14H30N2O2/c1-6-9-15-13(14(17)18-5)8-11-16(10-7-2)12(3)4/h12-13,15H,6-11H2,1-5H3. The molecule has 0 fully saturated rings. The Bertz CT molecular complexity index is 220. The second-order valence-corrected chi connectivity index (χ2v) is 4.95. The summed E-state index contributed by atoms with van der Waals surface area (Å²) in [4.78, 5) is 14.1. The Labute approximate surface area is 112 Å². The molecule has 18 heavy (non-hydrogen) atoms. The molecule has 0 aromatic carbocycles. The number of methoxy groups -OCH3 is 1. The van der Waals surface area contributed by atoms with Crippen LogP contribution in [0.15, 0.2) is 0 Å². The van der Waals surface area contributed by atoms with E-state index in [9.17, 15) is 4.79 Å². The number of nitrogens with zero attached hydrogens (tertiary/aromatic N) is 1. The highest BCUT2D eigenvalue weighted by Gasteiger charge is 2.19. The smallest absolute Gasteiger partial charge is 0.322 e. The average Bonchev–Trinajstić information content (AvgIpc) is 2.36. The number of nitrogens with one attached hydrogen (secondary N) is 1. The van der Waals surface area contributed by atoms with Gasteiger partial charge in [0, 0.05) is 12.6 Å². The third kappa shape index (κ3) is 6.97. The summed E-state index contributed by atoms with van der Waals surface area (Å²) in [7, 11) is 1.45. The van der Waals surface area contributed by atoms with Crippen molar-refractivity contribution in [1.29, 1.82) is 0 Å². The minimum atomic E-state index is -0.173. The van der Waals surface area contributed by atoms with Gasteiger partial charge in [0.25, 0.3) is 0 Å². The van der Waals surface area contributed by atoms with E-state index in [0.29, 0.717) is 6.04 Å². The monoisotopic (exact) mass is 258 g/mol. The van der Waals surface area contributed by atoms with Crippen LogP contribution >= 0.6 is 0 Å².